The molecule has 1 amide bonds. The molecule has 0 spiro atoms. The van der Waals surface area contributed by atoms with Crippen LogP contribution in [0.1, 0.15) is 16.1 Å². The summed E-state index contributed by atoms with van der Waals surface area (Å²) >= 11 is 1.63. The monoisotopic (exact) mass is 445 g/mol. The van der Waals surface area contributed by atoms with E-state index in [4.69, 9.17) is 4.74 Å². The number of amidine groups is 1. The third kappa shape index (κ3) is 3.67. The quantitative estimate of drug-likeness (QED) is 0.649. The van der Waals surface area contributed by atoms with Crippen LogP contribution in [0.2, 0.25) is 0 Å². The van der Waals surface area contributed by atoms with E-state index in [1.54, 1.807) is 36.0 Å². The van der Waals surface area contributed by atoms with Gasteiger partial charge in [-0.3, -0.25) is 14.6 Å². The number of fused-ring (bicyclic) bond motifs is 1. The first-order chi connectivity index (χ1) is 15.6. The Labute approximate surface area is 188 Å². The van der Waals surface area contributed by atoms with Crippen molar-refractivity contribution in [1.82, 2.24) is 14.7 Å². The van der Waals surface area contributed by atoms with E-state index >= 15 is 0 Å². The Morgan fingerprint density at radius 2 is 1.91 bits per heavy atom. The SMILES string of the molecule is COc1cc(=O)n(-c2ccccc2)nc1C(=O)Nc1ccc(C2=CSC3=NCCN23)cc1. The van der Waals surface area contributed by atoms with Crippen LogP contribution in [0.15, 0.2) is 75.9 Å². The van der Waals surface area contributed by atoms with Gasteiger partial charge in [-0.05, 0) is 29.8 Å². The van der Waals surface area contributed by atoms with Gasteiger partial charge in [-0.15, -0.1) is 0 Å². The second-order valence-electron chi connectivity index (χ2n) is 7.12. The van der Waals surface area contributed by atoms with Gasteiger partial charge in [-0.25, -0.2) is 0 Å². The number of thioether (sulfide) groups is 1. The number of benzene rings is 2. The standard InChI is InChI=1S/C23H19N5O3S/c1-31-19-13-20(29)28(17-5-3-2-4-6-17)26-21(19)22(30)25-16-9-7-15(8-10-16)18-14-32-23-24-11-12-27(18)23/h2-10,13-14H,11-12H2,1H3,(H,25,30). The zero-order valence-corrected chi connectivity index (χ0v) is 18.0. The average molecular weight is 446 g/mol. The lowest BCUT2D eigenvalue weighted by molar-refractivity contribution is 0.101. The highest BCUT2D eigenvalue weighted by Gasteiger charge is 2.27. The molecular weight excluding hydrogens is 426 g/mol. The maximum absolute atomic E-state index is 13.0. The lowest BCUT2D eigenvalue weighted by Crippen LogP contribution is -2.26. The van der Waals surface area contributed by atoms with E-state index in [1.165, 1.54) is 17.9 Å². The molecule has 1 aromatic heterocycles. The summed E-state index contributed by atoms with van der Waals surface area (Å²) in [5, 5.41) is 10.2. The van der Waals surface area contributed by atoms with Gasteiger partial charge < -0.3 is 15.0 Å². The Morgan fingerprint density at radius 3 is 2.66 bits per heavy atom. The summed E-state index contributed by atoms with van der Waals surface area (Å²) < 4.78 is 6.42. The Balaban J connectivity index is 1.39. The molecule has 8 nitrogen and oxygen atoms in total. The van der Waals surface area contributed by atoms with Crippen LogP contribution in [0.3, 0.4) is 0 Å². The number of anilines is 1. The van der Waals surface area contributed by atoms with Crippen molar-refractivity contribution in [3.8, 4) is 11.4 Å². The molecule has 2 aromatic carbocycles. The van der Waals surface area contributed by atoms with Crippen molar-refractivity contribution in [2.24, 2.45) is 4.99 Å². The van der Waals surface area contributed by atoms with Gasteiger partial charge in [0.1, 0.15) is 0 Å². The number of carbonyl (C=O) groups is 1. The highest BCUT2D eigenvalue weighted by molar-refractivity contribution is 8.16. The largest absolute Gasteiger partial charge is 0.494 e. The van der Waals surface area contributed by atoms with Gasteiger partial charge in [0, 0.05) is 17.6 Å². The first-order valence-electron chi connectivity index (χ1n) is 9.98. The van der Waals surface area contributed by atoms with E-state index in [1.807, 2.05) is 30.3 Å². The molecule has 9 heteroatoms. The van der Waals surface area contributed by atoms with Crippen molar-refractivity contribution in [1.29, 1.82) is 0 Å². The molecule has 2 aliphatic heterocycles. The summed E-state index contributed by atoms with van der Waals surface area (Å²) in [6.07, 6.45) is 0. The Kier molecular flexibility index (Phi) is 5.24. The molecule has 160 valence electrons. The minimum atomic E-state index is -0.469. The minimum Gasteiger partial charge on any atom is -0.494 e. The Morgan fingerprint density at radius 1 is 1.12 bits per heavy atom. The molecular formula is C23H19N5O3S. The summed E-state index contributed by atoms with van der Waals surface area (Å²) in [6.45, 7) is 1.70. The number of nitrogens with one attached hydrogen (secondary N) is 1. The van der Waals surface area contributed by atoms with E-state index in [0.29, 0.717) is 11.4 Å². The number of para-hydroxylation sites is 1. The van der Waals surface area contributed by atoms with Crippen molar-refractivity contribution in [3.05, 3.63) is 87.7 Å². The van der Waals surface area contributed by atoms with E-state index in [9.17, 15) is 9.59 Å². The fraction of sp³-hybridized carbons (Fsp3) is 0.130. The van der Waals surface area contributed by atoms with Crippen LogP contribution >= 0.6 is 11.8 Å². The molecule has 0 aliphatic carbocycles. The van der Waals surface area contributed by atoms with Crippen molar-refractivity contribution in [3.63, 3.8) is 0 Å². The van der Waals surface area contributed by atoms with Crippen LogP contribution in [0.5, 0.6) is 5.75 Å². The molecule has 0 atom stereocenters. The number of hydrogen-bond acceptors (Lipinski definition) is 7. The first kappa shape index (κ1) is 20.1. The van der Waals surface area contributed by atoms with Crippen LogP contribution in [-0.2, 0) is 0 Å². The predicted octanol–water partition coefficient (Wildman–Crippen LogP) is 3.21. The Hall–Kier alpha value is -3.85. The van der Waals surface area contributed by atoms with Gasteiger partial charge in [-0.2, -0.15) is 9.78 Å². The summed E-state index contributed by atoms with van der Waals surface area (Å²) in [7, 11) is 1.40. The molecule has 2 aliphatic rings. The minimum absolute atomic E-state index is 0.0212. The second kappa shape index (κ2) is 8.35. The Bertz CT molecular complexity index is 1300. The number of amides is 1. The predicted molar refractivity (Wildman–Crippen MR) is 125 cm³/mol. The van der Waals surface area contributed by atoms with Gasteiger partial charge in [0.25, 0.3) is 11.5 Å². The van der Waals surface area contributed by atoms with Crippen molar-refractivity contribution in [2.75, 3.05) is 25.5 Å². The second-order valence-corrected chi connectivity index (χ2v) is 7.95. The van der Waals surface area contributed by atoms with Crippen molar-refractivity contribution >= 4 is 34.2 Å². The number of nitrogens with zero attached hydrogens (tertiary/aromatic N) is 4. The van der Waals surface area contributed by atoms with Crippen LogP contribution < -0.4 is 15.6 Å². The lowest BCUT2D eigenvalue weighted by atomic mass is 10.1. The van der Waals surface area contributed by atoms with E-state index < -0.39 is 5.91 Å². The van der Waals surface area contributed by atoms with Gasteiger partial charge in [0.2, 0.25) is 0 Å². The highest BCUT2D eigenvalue weighted by Crippen LogP contribution is 2.35. The topological polar surface area (TPSA) is 88.8 Å². The summed E-state index contributed by atoms with van der Waals surface area (Å²) in [4.78, 5) is 32.1. The van der Waals surface area contributed by atoms with Gasteiger partial charge in [0.05, 0.1) is 31.1 Å². The molecule has 1 N–H and O–H groups in total. The number of rotatable bonds is 5. The number of carbonyl (C=O) groups excluding carboxylic acids is 1. The molecule has 0 fully saturated rings. The normalized spacial score (nSPS) is 14.6. The first-order valence-corrected chi connectivity index (χ1v) is 10.9. The number of hydrogen-bond donors (Lipinski definition) is 1. The van der Waals surface area contributed by atoms with E-state index in [2.05, 4.69) is 25.7 Å². The summed E-state index contributed by atoms with van der Waals surface area (Å²) in [6, 6.07) is 17.8. The number of aliphatic imine (C=N–C) groups is 1. The van der Waals surface area contributed by atoms with E-state index in [0.717, 1.165) is 29.5 Å². The summed E-state index contributed by atoms with van der Waals surface area (Å²) in [5.41, 5.74) is 2.97. The molecule has 5 rings (SSSR count). The van der Waals surface area contributed by atoms with E-state index in [-0.39, 0.29) is 17.0 Å². The molecule has 0 unspecified atom stereocenters. The molecule has 0 saturated carbocycles. The summed E-state index contributed by atoms with van der Waals surface area (Å²) in [5.74, 6) is -0.353. The van der Waals surface area contributed by atoms with Crippen LogP contribution in [0, 0.1) is 0 Å². The molecule has 0 bridgehead atoms. The highest BCUT2D eigenvalue weighted by atomic mass is 32.2. The number of methoxy groups -OCH3 is 1. The molecule has 0 radical (unpaired) electrons. The number of aromatic nitrogens is 2. The fourth-order valence-electron chi connectivity index (χ4n) is 3.57. The fourth-order valence-corrected chi connectivity index (χ4v) is 4.53. The lowest BCUT2D eigenvalue weighted by Gasteiger charge is -2.17. The third-order valence-corrected chi connectivity index (χ3v) is 6.04. The van der Waals surface area contributed by atoms with Crippen molar-refractivity contribution in [2.45, 2.75) is 0 Å². The van der Waals surface area contributed by atoms with Gasteiger partial charge in [0.15, 0.2) is 16.6 Å². The van der Waals surface area contributed by atoms with Crippen LogP contribution in [0.25, 0.3) is 11.4 Å². The number of ether oxygens (including phenoxy) is 1. The van der Waals surface area contributed by atoms with Crippen molar-refractivity contribution < 1.29 is 9.53 Å². The maximum atomic E-state index is 13.0. The molecule has 0 saturated heterocycles. The van der Waals surface area contributed by atoms with Crippen LogP contribution in [-0.4, -0.2) is 46.0 Å². The van der Waals surface area contributed by atoms with Gasteiger partial charge in [-0.1, -0.05) is 42.1 Å². The van der Waals surface area contributed by atoms with Gasteiger partial charge >= 0.3 is 0 Å². The molecule has 3 aromatic rings. The smallest absolute Gasteiger partial charge is 0.279 e. The zero-order valence-electron chi connectivity index (χ0n) is 17.2. The molecule has 32 heavy (non-hydrogen) atoms. The third-order valence-electron chi connectivity index (χ3n) is 5.14. The zero-order chi connectivity index (χ0) is 22.1. The molecule has 3 heterocycles. The average Bonchev–Trinajstić information content (AvgIpc) is 3.44. The maximum Gasteiger partial charge on any atom is 0.279 e. The van der Waals surface area contributed by atoms with Crippen LogP contribution in [0.4, 0.5) is 5.69 Å².